The van der Waals surface area contributed by atoms with Crippen LogP contribution in [0.1, 0.15) is 26.2 Å². The number of likely N-dealkylation sites (tertiary alicyclic amines) is 1. The van der Waals surface area contributed by atoms with Crippen molar-refractivity contribution in [3.63, 3.8) is 0 Å². The van der Waals surface area contributed by atoms with Crippen LogP contribution >= 0.6 is 0 Å². The van der Waals surface area contributed by atoms with Crippen molar-refractivity contribution < 1.29 is 0 Å². The van der Waals surface area contributed by atoms with Gasteiger partial charge in [0, 0.05) is 18.6 Å². The summed E-state index contributed by atoms with van der Waals surface area (Å²) in [5, 5.41) is 3.59. The lowest BCUT2D eigenvalue weighted by Crippen LogP contribution is -2.52. The molecule has 1 saturated heterocycles. The Labute approximate surface area is 93.7 Å². The fraction of sp³-hybridized carbons (Fsp3) is 0.833. The van der Waals surface area contributed by atoms with Crippen molar-refractivity contribution >= 4 is 0 Å². The van der Waals surface area contributed by atoms with Crippen molar-refractivity contribution in [1.82, 2.24) is 10.2 Å². The van der Waals surface area contributed by atoms with E-state index in [1.807, 2.05) is 0 Å². The average Bonchev–Trinajstić information content (AvgIpc) is 2.39. The Bertz CT molecular complexity index is 215. The zero-order chi connectivity index (χ0) is 11.3. The van der Waals surface area contributed by atoms with Gasteiger partial charge in [-0.2, -0.15) is 0 Å². The van der Waals surface area contributed by atoms with Crippen LogP contribution in [0.4, 0.5) is 0 Å². The van der Waals surface area contributed by atoms with Crippen LogP contribution in [0.5, 0.6) is 0 Å². The standard InChI is InChI=1S/C12H25N3/c1-11(2)9-14-12(10-13)5-4-7-15(3)8-6-12/h14H,1,4-10,13H2,2-3H3. The lowest BCUT2D eigenvalue weighted by Gasteiger charge is -2.33. The second-order valence-electron chi connectivity index (χ2n) is 4.95. The first-order valence-corrected chi connectivity index (χ1v) is 5.86. The summed E-state index contributed by atoms with van der Waals surface area (Å²) in [7, 11) is 2.19. The maximum absolute atomic E-state index is 5.93. The summed E-state index contributed by atoms with van der Waals surface area (Å²) in [6.07, 6.45) is 3.56. The van der Waals surface area contributed by atoms with E-state index in [0.29, 0.717) is 0 Å². The molecule has 0 aromatic heterocycles. The van der Waals surface area contributed by atoms with E-state index in [1.54, 1.807) is 0 Å². The number of rotatable bonds is 4. The first kappa shape index (κ1) is 12.7. The quantitative estimate of drug-likeness (QED) is 0.681. The first-order chi connectivity index (χ1) is 7.08. The lowest BCUT2D eigenvalue weighted by atomic mass is 9.90. The molecule has 0 amide bonds. The predicted octanol–water partition coefficient (Wildman–Crippen LogP) is 0.965. The zero-order valence-electron chi connectivity index (χ0n) is 10.2. The van der Waals surface area contributed by atoms with Crippen LogP contribution in [0.25, 0.3) is 0 Å². The van der Waals surface area contributed by atoms with Gasteiger partial charge in [-0.15, -0.1) is 0 Å². The average molecular weight is 211 g/mol. The van der Waals surface area contributed by atoms with E-state index >= 15 is 0 Å². The van der Waals surface area contributed by atoms with Crippen LogP contribution in [-0.4, -0.2) is 43.7 Å². The van der Waals surface area contributed by atoms with Gasteiger partial charge in [0.2, 0.25) is 0 Å². The van der Waals surface area contributed by atoms with Crippen molar-refractivity contribution in [1.29, 1.82) is 0 Å². The van der Waals surface area contributed by atoms with E-state index in [9.17, 15) is 0 Å². The van der Waals surface area contributed by atoms with Gasteiger partial charge in [-0.3, -0.25) is 0 Å². The molecular formula is C12H25N3. The molecule has 0 aromatic rings. The van der Waals surface area contributed by atoms with Gasteiger partial charge >= 0.3 is 0 Å². The molecule has 0 saturated carbocycles. The van der Waals surface area contributed by atoms with Gasteiger partial charge in [-0.25, -0.2) is 0 Å². The SMILES string of the molecule is C=C(C)CNC1(CN)CCCN(C)CC1. The number of nitrogens with one attached hydrogen (secondary N) is 1. The van der Waals surface area contributed by atoms with Gasteiger partial charge in [0.25, 0.3) is 0 Å². The second-order valence-corrected chi connectivity index (χ2v) is 4.95. The highest BCUT2D eigenvalue weighted by Crippen LogP contribution is 2.20. The van der Waals surface area contributed by atoms with Gasteiger partial charge in [-0.1, -0.05) is 12.2 Å². The molecule has 0 bridgehead atoms. The van der Waals surface area contributed by atoms with Crippen molar-refractivity contribution in [3.05, 3.63) is 12.2 Å². The fourth-order valence-corrected chi connectivity index (χ4v) is 2.12. The molecule has 1 rings (SSSR count). The third kappa shape index (κ3) is 3.93. The molecule has 0 aromatic carbocycles. The molecule has 0 spiro atoms. The molecule has 15 heavy (non-hydrogen) atoms. The number of hydrogen-bond donors (Lipinski definition) is 2. The van der Waals surface area contributed by atoms with Gasteiger partial charge in [0.1, 0.15) is 0 Å². The smallest absolute Gasteiger partial charge is 0.0319 e. The predicted molar refractivity (Wildman–Crippen MR) is 66.0 cm³/mol. The van der Waals surface area contributed by atoms with E-state index in [0.717, 1.165) is 26.1 Å². The Morgan fingerprint density at radius 1 is 1.47 bits per heavy atom. The van der Waals surface area contributed by atoms with Crippen LogP contribution in [0.2, 0.25) is 0 Å². The Hall–Kier alpha value is -0.380. The summed E-state index contributed by atoms with van der Waals surface area (Å²) < 4.78 is 0. The summed E-state index contributed by atoms with van der Waals surface area (Å²) in [5.41, 5.74) is 7.25. The molecular weight excluding hydrogens is 186 g/mol. The van der Waals surface area contributed by atoms with Gasteiger partial charge in [0.15, 0.2) is 0 Å². The maximum Gasteiger partial charge on any atom is 0.0319 e. The highest BCUT2D eigenvalue weighted by atomic mass is 15.1. The van der Waals surface area contributed by atoms with E-state index in [4.69, 9.17) is 5.73 Å². The molecule has 1 aliphatic rings. The van der Waals surface area contributed by atoms with Crippen LogP contribution in [0.3, 0.4) is 0 Å². The van der Waals surface area contributed by atoms with Crippen LogP contribution < -0.4 is 11.1 Å². The van der Waals surface area contributed by atoms with Crippen molar-refractivity contribution in [2.75, 3.05) is 33.2 Å². The zero-order valence-corrected chi connectivity index (χ0v) is 10.2. The van der Waals surface area contributed by atoms with Crippen LogP contribution in [0.15, 0.2) is 12.2 Å². The minimum Gasteiger partial charge on any atom is -0.329 e. The van der Waals surface area contributed by atoms with Crippen molar-refractivity contribution in [2.45, 2.75) is 31.7 Å². The molecule has 1 unspecified atom stereocenters. The highest BCUT2D eigenvalue weighted by molar-refractivity contribution is 4.98. The molecule has 88 valence electrons. The van der Waals surface area contributed by atoms with E-state index < -0.39 is 0 Å². The summed E-state index contributed by atoms with van der Waals surface area (Å²) in [6.45, 7) is 9.94. The topological polar surface area (TPSA) is 41.3 Å². The van der Waals surface area contributed by atoms with Gasteiger partial charge in [0.05, 0.1) is 0 Å². The summed E-state index contributed by atoms with van der Waals surface area (Å²) in [4.78, 5) is 2.39. The molecule has 3 N–H and O–H groups in total. The third-order valence-corrected chi connectivity index (χ3v) is 3.32. The normalized spacial score (nSPS) is 28.7. The molecule has 0 aliphatic carbocycles. The second kappa shape index (κ2) is 5.64. The Kier molecular flexibility index (Phi) is 4.77. The molecule has 3 heteroatoms. The fourth-order valence-electron chi connectivity index (χ4n) is 2.12. The Balaban J connectivity index is 2.53. The molecule has 1 heterocycles. The van der Waals surface area contributed by atoms with Crippen molar-refractivity contribution in [2.24, 2.45) is 5.73 Å². The minimum atomic E-state index is 0.143. The lowest BCUT2D eigenvalue weighted by molar-refractivity contribution is 0.289. The van der Waals surface area contributed by atoms with E-state index in [-0.39, 0.29) is 5.54 Å². The molecule has 1 aliphatic heterocycles. The van der Waals surface area contributed by atoms with Crippen LogP contribution in [0, 0.1) is 0 Å². The van der Waals surface area contributed by atoms with E-state index in [2.05, 4.69) is 30.8 Å². The number of hydrogen-bond acceptors (Lipinski definition) is 3. The van der Waals surface area contributed by atoms with Gasteiger partial charge < -0.3 is 16.0 Å². The highest BCUT2D eigenvalue weighted by Gasteiger charge is 2.29. The largest absolute Gasteiger partial charge is 0.329 e. The third-order valence-electron chi connectivity index (χ3n) is 3.32. The van der Waals surface area contributed by atoms with Crippen LogP contribution in [-0.2, 0) is 0 Å². The minimum absolute atomic E-state index is 0.143. The number of nitrogens with zero attached hydrogens (tertiary/aromatic N) is 1. The van der Waals surface area contributed by atoms with E-state index in [1.165, 1.54) is 25.0 Å². The molecule has 0 radical (unpaired) electrons. The molecule has 3 nitrogen and oxygen atoms in total. The molecule has 1 fully saturated rings. The Morgan fingerprint density at radius 3 is 2.80 bits per heavy atom. The monoisotopic (exact) mass is 211 g/mol. The first-order valence-electron chi connectivity index (χ1n) is 5.86. The number of nitrogens with two attached hydrogens (primary N) is 1. The summed E-state index contributed by atoms with van der Waals surface area (Å²) in [5.74, 6) is 0. The van der Waals surface area contributed by atoms with Crippen molar-refractivity contribution in [3.8, 4) is 0 Å². The molecule has 1 atom stereocenters. The summed E-state index contributed by atoms with van der Waals surface area (Å²) in [6, 6.07) is 0. The Morgan fingerprint density at radius 2 is 2.20 bits per heavy atom. The summed E-state index contributed by atoms with van der Waals surface area (Å²) >= 11 is 0. The van der Waals surface area contributed by atoms with Gasteiger partial charge in [-0.05, 0) is 46.3 Å². The maximum atomic E-state index is 5.93.